The van der Waals surface area contributed by atoms with E-state index in [1.165, 1.54) is 4.68 Å². The van der Waals surface area contributed by atoms with Crippen molar-refractivity contribution in [3.63, 3.8) is 0 Å². The largest absolute Gasteiger partial charge is 0.508 e. The number of aromatic hydroxyl groups is 1. The second-order valence-electron chi connectivity index (χ2n) is 5.59. The van der Waals surface area contributed by atoms with Crippen LogP contribution in [0.25, 0.3) is 0 Å². The van der Waals surface area contributed by atoms with Crippen LogP contribution in [-0.2, 0) is 9.53 Å². The van der Waals surface area contributed by atoms with Crippen LogP contribution in [0.2, 0.25) is 0 Å². The zero-order chi connectivity index (χ0) is 17.1. The number of hydrogen-bond acceptors (Lipinski definition) is 7. The van der Waals surface area contributed by atoms with Crippen molar-refractivity contribution in [2.24, 2.45) is 0 Å². The highest BCUT2D eigenvalue weighted by Gasteiger charge is 2.34. The maximum Gasteiger partial charge on any atom is 0.338 e. The molecule has 126 valence electrons. The molecule has 0 bridgehead atoms. The molecule has 8 nitrogen and oxygen atoms in total. The SMILES string of the molecule is CCCCOC(=O)C1=C(C)Nc2nnnn2[C@H]1c1ccc(O)cc1. The van der Waals surface area contributed by atoms with Gasteiger partial charge in [-0.15, -0.1) is 0 Å². The normalized spacial score (nSPS) is 16.5. The van der Waals surface area contributed by atoms with E-state index in [0.29, 0.717) is 23.8 Å². The van der Waals surface area contributed by atoms with Crippen molar-refractivity contribution < 1.29 is 14.6 Å². The van der Waals surface area contributed by atoms with Crippen molar-refractivity contribution in [1.82, 2.24) is 20.2 Å². The summed E-state index contributed by atoms with van der Waals surface area (Å²) in [5.74, 6) is 0.209. The smallest absolute Gasteiger partial charge is 0.338 e. The Kier molecular flexibility index (Phi) is 4.45. The number of anilines is 1. The number of unbranched alkanes of at least 4 members (excludes halogenated alkanes) is 1. The number of hydrogen-bond donors (Lipinski definition) is 2. The first-order chi connectivity index (χ1) is 11.6. The molecule has 0 saturated heterocycles. The van der Waals surface area contributed by atoms with Crippen LogP contribution in [-0.4, -0.2) is 37.9 Å². The van der Waals surface area contributed by atoms with Gasteiger partial charge in [0.2, 0.25) is 5.95 Å². The Morgan fingerprint density at radius 3 is 2.83 bits per heavy atom. The van der Waals surface area contributed by atoms with Gasteiger partial charge in [0.1, 0.15) is 11.8 Å². The van der Waals surface area contributed by atoms with Gasteiger partial charge in [-0.2, -0.15) is 4.68 Å². The number of carbonyl (C=O) groups excluding carboxylic acids is 1. The number of nitrogens with one attached hydrogen (secondary N) is 1. The number of phenols is 1. The molecule has 1 aromatic carbocycles. The predicted molar refractivity (Wildman–Crippen MR) is 86.3 cm³/mol. The lowest BCUT2D eigenvalue weighted by atomic mass is 9.96. The van der Waals surface area contributed by atoms with Crippen molar-refractivity contribution >= 4 is 11.9 Å². The number of phenolic OH excluding ortho intramolecular Hbond substituents is 1. The number of rotatable bonds is 5. The van der Waals surface area contributed by atoms with Crippen LogP contribution in [0, 0.1) is 0 Å². The van der Waals surface area contributed by atoms with E-state index in [4.69, 9.17) is 4.74 Å². The topological polar surface area (TPSA) is 102 Å². The molecular formula is C16H19N5O3. The van der Waals surface area contributed by atoms with Crippen molar-refractivity contribution in [2.75, 3.05) is 11.9 Å². The van der Waals surface area contributed by atoms with Crippen molar-refractivity contribution in [2.45, 2.75) is 32.7 Å². The van der Waals surface area contributed by atoms with Gasteiger partial charge in [0, 0.05) is 5.70 Å². The number of fused-ring (bicyclic) bond motifs is 1. The summed E-state index contributed by atoms with van der Waals surface area (Å²) in [5.41, 5.74) is 1.89. The Morgan fingerprint density at radius 1 is 1.38 bits per heavy atom. The molecule has 0 saturated carbocycles. The third kappa shape index (κ3) is 2.94. The molecule has 1 atom stereocenters. The fourth-order valence-electron chi connectivity index (χ4n) is 2.63. The molecule has 0 unspecified atom stereocenters. The number of esters is 1. The third-order valence-electron chi connectivity index (χ3n) is 3.87. The number of carbonyl (C=O) groups is 1. The number of allylic oxidation sites excluding steroid dienone is 1. The van der Waals surface area contributed by atoms with Gasteiger partial charge in [-0.1, -0.05) is 30.6 Å². The van der Waals surface area contributed by atoms with Crippen LogP contribution in [0.3, 0.4) is 0 Å². The van der Waals surface area contributed by atoms with Gasteiger partial charge in [0.25, 0.3) is 0 Å². The summed E-state index contributed by atoms with van der Waals surface area (Å²) >= 11 is 0. The van der Waals surface area contributed by atoms with Gasteiger partial charge in [0.05, 0.1) is 12.2 Å². The Balaban J connectivity index is 2.00. The maximum absolute atomic E-state index is 12.6. The lowest BCUT2D eigenvalue weighted by Gasteiger charge is -2.27. The van der Waals surface area contributed by atoms with Crippen LogP contribution in [0.4, 0.5) is 5.95 Å². The molecule has 2 N–H and O–H groups in total. The lowest BCUT2D eigenvalue weighted by Crippen LogP contribution is -2.29. The highest BCUT2D eigenvalue weighted by molar-refractivity contribution is 5.92. The number of ether oxygens (including phenoxy) is 1. The molecular weight excluding hydrogens is 310 g/mol. The summed E-state index contributed by atoms with van der Waals surface area (Å²) < 4.78 is 6.93. The van der Waals surface area contributed by atoms with E-state index in [-0.39, 0.29) is 5.75 Å². The second-order valence-corrected chi connectivity index (χ2v) is 5.59. The Hall–Kier alpha value is -2.90. The van der Waals surface area contributed by atoms with Crippen molar-refractivity contribution in [1.29, 1.82) is 0 Å². The fraction of sp³-hybridized carbons (Fsp3) is 0.375. The predicted octanol–water partition coefficient (Wildman–Crippen LogP) is 2.01. The van der Waals surface area contributed by atoms with E-state index in [0.717, 1.165) is 18.4 Å². The molecule has 24 heavy (non-hydrogen) atoms. The second kappa shape index (κ2) is 6.69. The molecule has 8 heteroatoms. The van der Waals surface area contributed by atoms with Gasteiger partial charge >= 0.3 is 5.97 Å². The quantitative estimate of drug-likeness (QED) is 0.639. The van der Waals surface area contributed by atoms with E-state index >= 15 is 0 Å². The minimum absolute atomic E-state index is 0.150. The van der Waals surface area contributed by atoms with Crippen LogP contribution < -0.4 is 5.32 Å². The first-order valence-electron chi connectivity index (χ1n) is 7.83. The minimum Gasteiger partial charge on any atom is -0.508 e. The molecule has 2 aromatic rings. The summed E-state index contributed by atoms with van der Waals surface area (Å²) in [7, 11) is 0. The van der Waals surface area contributed by atoms with Crippen molar-refractivity contribution in [3.05, 3.63) is 41.1 Å². The zero-order valence-electron chi connectivity index (χ0n) is 13.6. The van der Waals surface area contributed by atoms with E-state index in [1.807, 2.05) is 6.92 Å². The highest BCUT2D eigenvalue weighted by Crippen LogP contribution is 2.35. The van der Waals surface area contributed by atoms with E-state index in [9.17, 15) is 9.90 Å². The van der Waals surface area contributed by atoms with Crippen LogP contribution in [0.5, 0.6) is 5.75 Å². The molecule has 0 aliphatic carbocycles. The summed E-state index contributed by atoms with van der Waals surface area (Å²) in [5, 5.41) is 24.1. The third-order valence-corrected chi connectivity index (χ3v) is 3.87. The van der Waals surface area contributed by atoms with Gasteiger partial charge in [0.15, 0.2) is 0 Å². The molecule has 1 aliphatic rings. The van der Waals surface area contributed by atoms with Gasteiger partial charge in [-0.3, -0.25) is 0 Å². The van der Waals surface area contributed by atoms with E-state index in [2.05, 4.69) is 20.8 Å². The molecule has 3 rings (SSSR count). The monoisotopic (exact) mass is 329 g/mol. The highest BCUT2D eigenvalue weighted by atomic mass is 16.5. The first kappa shape index (κ1) is 16.0. The Labute approximate surface area is 139 Å². The molecule has 0 amide bonds. The van der Waals surface area contributed by atoms with Gasteiger partial charge in [-0.05, 0) is 41.5 Å². The summed E-state index contributed by atoms with van der Waals surface area (Å²) in [4.78, 5) is 12.6. The Bertz CT molecular complexity index is 766. The average Bonchev–Trinajstić information content (AvgIpc) is 3.02. The van der Waals surface area contributed by atoms with Crippen molar-refractivity contribution in [3.8, 4) is 5.75 Å². The van der Waals surface area contributed by atoms with Gasteiger partial charge in [-0.25, -0.2) is 4.79 Å². The standard InChI is InChI=1S/C16H19N5O3/c1-3-4-9-24-15(23)13-10(2)17-16-18-19-20-21(16)14(13)11-5-7-12(22)8-6-11/h5-8,14,22H,3-4,9H2,1-2H3,(H,17,18,20)/t14-/m0/s1. The number of nitrogens with zero attached hydrogens (tertiary/aromatic N) is 4. The summed E-state index contributed by atoms with van der Waals surface area (Å²) in [6, 6.07) is 6.10. The molecule has 0 radical (unpaired) electrons. The molecule has 0 spiro atoms. The molecule has 2 heterocycles. The number of tetrazole rings is 1. The molecule has 1 aromatic heterocycles. The summed E-state index contributed by atoms with van der Waals surface area (Å²) in [6.07, 6.45) is 1.76. The van der Waals surface area contributed by atoms with E-state index < -0.39 is 12.0 Å². The van der Waals surface area contributed by atoms with Crippen LogP contribution >= 0.6 is 0 Å². The lowest BCUT2D eigenvalue weighted by molar-refractivity contribution is -0.139. The fourth-order valence-corrected chi connectivity index (χ4v) is 2.63. The Morgan fingerprint density at radius 2 is 2.12 bits per heavy atom. The number of benzene rings is 1. The van der Waals surface area contributed by atoms with Gasteiger partial charge < -0.3 is 15.2 Å². The van der Waals surface area contributed by atoms with Crippen LogP contribution in [0.15, 0.2) is 35.5 Å². The zero-order valence-corrected chi connectivity index (χ0v) is 13.6. The minimum atomic E-state index is -0.508. The van der Waals surface area contributed by atoms with E-state index in [1.54, 1.807) is 31.2 Å². The first-order valence-corrected chi connectivity index (χ1v) is 7.83. The van der Waals surface area contributed by atoms with Crippen LogP contribution in [0.1, 0.15) is 38.3 Å². The average molecular weight is 329 g/mol. The maximum atomic E-state index is 12.6. The molecule has 0 fully saturated rings. The molecule has 1 aliphatic heterocycles. The number of aromatic nitrogens is 4. The summed E-state index contributed by atoms with van der Waals surface area (Å²) in [6.45, 7) is 4.20.